The van der Waals surface area contributed by atoms with Crippen molar-refractivity contribution in [2.24, 2.45) is 0 Å². The smallest absolute Gasteiger partial charge is 0.276 e. The molecule has 0 atom stereocenters. The number of benzene rings is 2. The molecule has 1 N–H and O–H groups in total. The van der Waals surface area contributed by atoms with Crippen LogP contribution in [-0.4, -0.2) is 25.0 Å². The Morgan fingerprint density at radius 2 is 1.88 bits per heavy atom. The lowest BCUT2D eigenvalue weighted by atomic mass is 10.2. The Kier molecular flexibility index (Phi) is 5.39. The predicted molar refractivity (Wildman–Crippen MR) is 105 cm³/mol. The van der Waals surface area contributed by atoms with Crippen LogP contribution >= 0.6 is 11.6 Å². The molecule has 2 aromatic carbocycles. The van der Waals surface area contributed by atoms with Crippen LogP contribution in [0, 0.1) is 0 Å². The van der Waals surface area contributed by atoms with Crippen molar-refractivity contribution in [3.63, 3.8) is 0 Å². The Hall–Kier alpha value is -3.05. The maximum absolute atomic E-state index is 12.7. The highest BCUT2D eigenvalue weighted by molar-refractivity contribution is 6.31. The Labute approximate surface area is 157 Å². The van der Waals surface area contributed by atoms with Gasteiger partial charge in [0.1, 0.15) is 11.4 Å². The van der Waals surface area contributed by atoms with Crippen LogP contribution in [0.5, 0.6) is 5.75 Å². The third-order valence-electron chi connectivity index (χ3n) is 3.87. The van der Waals surface area contributed by atoms with Crippen molar-refractivity contribution in [3.8, 4) is 5.75 Å². The normalized spacial score (nSPS) is 10.3. The predicted octanol–water partition coefficient (Wildman–Crippen LogP) is 4.76. The lowest BCUT2D eigenvalue weighted by molar-refractivity contribution is 0.0988. The number of hydrogen-bond donors (Lipinski definition) is 1. The summed E-state index contributed by atoms with van der Waals surface area (Å²) < 4.78 is 5.33. The number of methoxy groups -OCH3 is 1. The molecule has 0 fully saturated rings. The van der Waals surface area contributed by atoms with Gasteiger partial charge in [-0.1, -0.05) is 29.8 Å². The summed E-state index contributed by atoms with van der Waals surface area (Å²) >= 11 is 6.06. The van der Waals surface area contributed by atoms with Gasteiger partial charge < -0.3 is 15.0 Å². The minimum atomic E-state index is -0.196. The molecule has 0 spiro atoms. The first-order chi connectivity index (χ1) is 12.6. The zero-order valence-corrected chi connectivity index (χ0v) is 15.2. The van der Waals surface area contributed by atoms with Gasteiger partial charge in [0.25, 0.3) is 5.91 Å². The van der Waals surface area contributed by atoms with Gasteiger partial charge in [0.2, 0.25) is 0 Å². The number of hydrogen-bond acceptors (Lipinski definition) is 4. The van der Waals surface area contributed by atoms with E-state index in [9.17, 15) is 4.79 Å². The number of para-hydroxylation sites is 1. The molecule has 0 saturated carbocycles. The third-order valence-corrected chi connectivity index (χ3v) is 4.10. The van der Waals surface area contributed by atoms with Crippen molar-refractivity contribution in [3.05, 3.63) is 77.6 Å². The highest BCUT2D eigenvalue weighted by Gasteiger charge is 2.15. The number of carbonyl (C=O) groups is 1. The van der Waals surface area contributed by atoms with Crippen LogP contribution in [0.4, 0.5) is 17.1 Å². The fourth-order valence-corrected chi connectivity index (χ4v) is 2.67. The third kappa shape index (κ3) is 3.95. The van der Waals surface area contributed by atoms with Crippen molar-refractivity contribution in [2.45, 2.75) is 0 Å². The summed E-state index contributed by atoms with van der Waals surface area (Å²) in [5.41, 5.74) is 2.56. The van der Waals surface area contributed by atoms with Gasteiger partial charge in [-0.15, -0.1) is 0 Å². The fourth-order valence-electron chi connectivity index (χ4n) is 2.50. The summed E-state index contributed by atoms with van der Waals surface area (Å²) in [6, 6.07) is 18.2. The highest BCUT2D eigenvalue weighted by Crippen LogP contribution is 2.30. The summed E-state index contributed by atoms with van der Waals surface area (Å²) in [5, 5.41) is 3.80. The largest absolute Gasteiger partial charge is 0.495 e. The van der Waals surface area contributed by atoms with E-state index in [2.05, 4.69) is 10.3 Å². The molecule has 6 heteroatoms. The standard InChI is InChI=1S/C20H18ClN3O2/c1-24(16-6-4-3-5-7-16)20(25)18-13-15(10-11-22-18)23-17-12-14(21)8-9-19(17)26-2/h3-13H,1-2H3,(H,22,23). The van der Waals surface area contributed by atoms with E-state index in [4.69, 9.17) is 16.3 Å². The van der Waals surface area contributed by atoms with E-state index < -0.39 is 0 Å². The van der Waals surface area contributed by atoms with Crippen LogP contribution < -0.4 is 15.0 Å². The minimum Gasteiger partial charge on any atom is -0.495 e. The molecule has 5 nitrogen and oxygen atoms in total. The molecule has 3 rings (SSSR count). The van der Waals surface area contributed by atoms with Gasteiger partial charge in [-0.05, 0) is 42.5 Å². The Morgan fingerprint density at radius 3 is 2.62 bits per heavy atom. The number of pyridine rings is 1. The van der Waals surface area contributed by atoms with Gasteiger partial charge in [-0.3, -0.25) is 9.78 Å². The van der Waals surface area contributed by atoms with Crippen LogP contribution in [0.1, 0.15) is 10.5 Å². The van der Waals surface area contributed by atoms with Gasteiger partial charge >= 0.3 is 0 Å². The van der Waals surface area contributed by atoms with Crippen LogP contribution in [-0.2, 0) is 0 Å². The molecule has 0 saturated heterocycles. The summed E-state index contributed by atoms with van der Waals surface area (Å²) in [4.78, 5) is 18.5. The van der Waals surface area contributed by atoms with Crippen LogP contribution in [0.2, 0.25) is 5.02 Å². The Bertz CT molecular complexity index is 916. The molecule has 1 amide bonds. The number of anilines is 3. The quantitative estimate of drug-likeness (QED) is 0.706. The van der Waals surface area contributed by atoms with Gasteiger partial charge in [0.15, 0.2) is 0 Å². The average molecular weight is 368 g/mol. The van der Waals surface area contributed by atoms with Crippen LogP contribution in [0.3, 0.4) is 0 Å². The lowest BCUT2D eigenvalue weighted by Crippen LogP contribution is -2.27. The first-order valence-corrected chi connectivity index (χ1v) is 8.36. The number of ether oxygens (including phenoxy) is 1. The van der Waals surface area contributed by atoms with E-state index in [0.29, 0.717) is 27.8 Å². The van der Waals surface area contributed by atoms with E-state index in [1.54, 1.807) is 55.6 Å². The van der Waals surface area contributed by atoms with Crippen molar-refractivity contribution >= 4 is 34.6 Å². The van der Waals surface area contributed by atoms with Gasteiger partial charge in [-0.25, -0.2) is 0 Å². The van der Waals surface area contributed by atoms with Crippen molar-refractivity contribution in [1.29, 1.82) is 0 Å². The van der Waals surface area contributed by atoms with Crippen molar-refractivity contribution in [2.75, 3.05) is 24.4 Å². The maximum Gasteiger partial charge on any atom is 0.276 e. The molecule has 0 radical (unpaired) electrons. The molecule has 26 heavy (non-hydrogen) atoms. The number of aromatic nitrogens is 1. The number of rotatable bonds is 5. The second-order valence-electron chi connectivity index (χ2n) is 5.60. The minimum absolute atomic E-state index is 0.196. The molecule has 0 aliphatic heterocycles. The summed E-state index contributed by atoms with van der Waals surface area (Å²) in [6.07, 6.45) is 1.59. The van der Waals surface area contributed by atoms with Crippen LogP contribution in [0.25, 0.3) is 0 Å². The molecule has 0 bridgehead atoms. The zero-order valence-electron chi connectivity index (χ0n) is 14.4. The highest BCUT2D eigenvalue weighted by atomic mass is 35.5. The second-order valence-corrected chi connectivity index (χ2v) is 6.04. The van der Waals surface area contributed by atoms with Crippen LogP contribution in [0.15, 0.2) is 66.9 Å². The molecule has 3 aromatic rings. The molecule has 132 valence electrons. The van der Waals surface area contributed by atoms with E-state index >= 15 is 0 Å². The topological polar surface area (TPSA) is 54.5 Å². The van der Waals surface area contributed by atoms with E-state index in [0.717, 1.165) is 5.69 Å². The molecule has 1 aromatic heterocycles. The number of carbonyl (C=O) groups excluding carboxylic acids is 1. The molecule has 0 aliphatic carbocycles. The Morgan fingerprint density at radius 1 is 1.12 bits per heavy atom. The van der Waals surface area contributed by atoms with Gasteiger partial charge in [0.05, 0.1) is 12.8 Å². The summed E-state index contributed by atoms with van der Waals surface area (Å²) in [6.45, 7) is 0. The molecular weight excluding hydrogens is 350 g/mol. The monoisotopic (exact) mass is 367 g/mol. The molecule has 0 aliphatic rings. The lowest BCUT2D eigenvalue weighted by Gasteiger charge is -2.17. The van der Waals surface area contributed by atoms with E-state index in [1.807, 2.05) is 30.3 Å². The SMILES string of the molecule is COc1ccc(Cl)cc1Nc1ccnc(C(=O)N(C)c2ccccc2)c1. The average Bonchev–Trinajstić information content (AvgIpc) is 2.68. The van der Waals surface area contributed by atoms with E-state index in [1.165, 1.54) is 0 Å². The molecule has 0 unspecified atom stereocenters. The van der Waals surface area contributed by atoms with Crippen molar-refractivity contribution in [1.82, 2.24) is 4.98 Å². The maximum atomic E-state index is 12.7. The zero-order chi connectivity index (χ0) is 18.5. The Balaban J connectivity index is 1.85. The summed E-state index contributed by atoms with van der Waals surface area (Å²) in [5.74, 6) is 0.457. The number of nitrogens with one attached hydrogen (secondary N) is 1. The molecular formula is C20H18ClN3O2. The van der Waals surface area contributed by atoms with Gasteiger partial charge in [-0.2, -0.15) is 0 Å². The molecule has 1 heterocycles. The van der Waals surface area contributed by atoms with E-state index in [-0.39, 0.29) is 5.91 Å². The van der Waals surface area contributed by atoms with Gasteiger partial charge in [0, 0.05) is 29.6 Å². The first kappa shape index (κ1) is 17.8. The number of halogens is 1. The number of amides is 1. The summed E-state index contributed by atoms with van der Waals surface area (Å²) in [7, 11) is 3.31. The first-order valence-electron chi connectivity index (χ1n) is 7.98. The van der Waals surface area contributed by atoms with Crippen molar-refractivity contribution < 1.29 is 9.53 Å². The second kappa shape index (κ2) is 7.89. The fraction of sp³-hybridized carbons (Fsp3) is 0.100. The number of nitrogens with zero attached hydrogens (tertiary/aromatic N) is 2.